The Labute approximate surface area is 115 Å². The monoisotopic (exact) mass is 271 g/mol. The van der Waals surface area contributed by atoms with Crippen LogP contribution in [0.1, 0.15) is 21.5 Å². The van der Waals surface area contributed by atoms with Crippen molar-refractivity contribution in [2.45, 2.75) is 13.1 Å². The fourth-order valence-corrected chi connectivity index (χ4v) is 2.50. The fraction of sp³-hybridized carbons (Fsp3) is 0.133. The van der Waals surface area contributed by atoms with Gasteiger partial charge in [0.05, 0.1) is 5.69 Å². The molecule has 0 fully saturated rings. The van der Waals surface area contributed by atoms with Gasteiger partial charge in [-0.25, -0.2) is 4.39 Å². The lowest BCUT2D eigenvalue weighted by atomic mass is 10.1. The van der Waals surface area contributed by atoms with Crippen LogP contribution >= 0.6 is 0 Å². The van der Waals surface area contributed by atoms with Crippen molar-refractivity contribution in [1.29, 1.82) is 0 Å². The van der Waals surface area contributed by atoms with Crippen LogP contribution in [0.2, 0.25) is 0 Å². The minimum Gasteiger partial charge on any atom is -0.399 e. The summed E-state index contributed by atoms with van der Waals surface area (Å²) < 4.78 is 14.1. The maximum Gasteiger partial charge on any atom is 0.248 e. The van der Waals surface area contributed by atoms with Gasteiger partial charge in [-0.1, -0.05) is 6.07 Å². The Morgan fingerprint density at radius 2 is 1.85 bits per heavy atom. The normalized spacial score (nSPS) is 13.3. The van der Waals surface area contributed by atoms with Crippen LogP contribution in [0.5, 0.6) is 0 Å². The molecule has 0 atom stereocenters. The van der Waals surface area contributed by atoms with Gasteiger partial charge in [0.25, 0.3) is 0 Å². The first-order valence-corrected chi connectivity index (χ1v) is 6.26. The molecule has 1 aliphatic rings. The predicted molar refractivity (Wildman–Crippen MR) is 75.7 cm³/mol. The average molecular weight is 271 g/mol. The van der Waals surface area contributed by atoms with E-state index in [0.29, 0.717) is 24.5 Å². The van der Waals surface area contributed by atoms with Crippen LogP contribution in [0.15, 0.2) is 36.4 Å². The van der Waals surface area contributed by atoms with Crippen molar-refractivity contribution in [3.05, 3.63) is 58.9 Å². The summed E-state index contributed by atoms with van der Waals surface area (Å²) >= 11 is 0. The number of primary amides is 1. The standard InChI is InChI=1S/C15H14FN3O/c16-13-6-9(15(18)20)2-4-14(13)19-7-10-1-3-12(17)5-11(10)8-19/h1-6H,7-8,17H2,(H2,18,20). The number of benzene rings is 2. The minimum atomic E-state index is -0.632. The molecule has 0 bridgehead atoms. The molecule has 20 heavy (non-hydrogen) atoms. The largest absolute Gasteiger partial charge is 0.399 e. The predicted octanol–water partition coefficient (Wildman–Crippen LogP) is 2.03. The van der Waals surface area contributed by atoms with Crippen molar-refractivity contribution in [3.8, 4) is 0 Å². The van der Waals surface area contributed by atoms with Gasteiger partial charge in [0.1, 0.15) is 5.82 Å². The Kier molecular flexibility index (Phi) is 2.82. The molecule has 1 aliphatic heterocycles. The van der Waals surface area contributed by atoms with Gasteiger partial charge in [-0.2, -0.15) is 0 Å². The molecule has 4 nitrogen and oxygen atoms in total. The smallest absolute Gasteiger partial charge is 0.248 e. The van der Waals surface area contributed by atoms with E-state index in [1.807, 2.05) is 23.1 Å². The Bertz CT molecular complexity index is 700. The number of halogens is 1. The Morgan fingerprint density at radius 1 is 1.10 bits per heavy atom. The molecule has 0 spiro atoms. The molecule has 0 saturated heterocycles. The summed E-state index contributed by atoms with van der Waals surface area (Å²) in [4.78, 5) is 12.9. The van der Waals surface area contributed by atoms with E-state index in [2.05, 4.69) is 0 Å². The van der Waals surface area contributed by atoms with Crippen LogP contribution in [0.3, 0.4) is 0 Å². The number of nitrogens with zero attached hydrogens (tertiary/aromatic N) is 1. The quantitative estimate of drug-likeness (QED) is 0.821. The van der Waals surface area contributed by atoms with E-state index in [1.54, 1.807) is 6.07 Å². The van der Waals surface area contributed by atoms with Crippen LogP contribution in [0.4, 0.5) is 15.8 Å². The Morgan fingerprint density at radius 3 is 2.55 bits per heavy atom. The van der Waals surface area contributed by atoms with Crippen molar-refractivity contribution in [2.75, 3.05) is 10.6 Å². The summed E-state index contributed by atoms with van der Waals surface area (Å²) in [5.74, 6) is -1.07. The Balaban J connectivity index is 1.91. The Hall–Kier alpha value is -2.56. The van der Waals surface area contributed by atoms with Gasteiger partial charge in [-0.3, -0.25) is 4.79 Å². The first-order valence-electron chi connectivity index (χ1n) is 6.26. The molecule has 1 heterocycles. The van der Waals surface area contributed by atoms with Crippen LogP contribution in [-0.2, 0) is 13.1 Å². The molecule has 5 heteroatoms. The number of nitrogen functional groups attached to an aromatic ring is 1. The number of nitrogens with two attached hydrogens (primary N) is 2. The fourth-order valence-electron chi connectivity index (χ4n) is 2.50. The van der Waals surface area contributed by atoms with E-state index >= 15 is 0 Å². The van der Waals surface area contributed by atoms with Crippen molar-refractivity contribution in [3.63, 3.8) is 0 Å². The summed E-state index contributed by atoms with van der Waals surface area (Å²) in [6.45, 7) is 1.23. The lowest BCUT2D eigenvalue weighted by Crippen LogP contribution is -2.17. The summed E-state index contributed by atoms with van der Waals surface area (Å²) in [5, 5.41) is 0. The minimum absolute atomic E-state index is 0.173. The molecule has 4 N–H and O–H groups in total. The van der Waals surface area contributed by atoms with Crippen molar-refractivity contribution < 1.29 is 9.18 Å². The van der Waals surface area contributed by atoms with Gasteiger partial charge >= 0.3 is 0 Å². The number of anilines is 2. The molecule has 2 aromatic carbocycles. The summed E-state index contributed by atoms with van der Waals surface area (Å²) in [6.07, 6.45) is 0. The number of hydrogen-bond donors (Lipinski definition) is 2. The average Bonchev–Trinajstić information content (AvgIpc) is 2.80. The lowest BCUT2D eigenvalue weighted by Gasteiger charge is -2.18. The van der Waals surface area contributed by atoms with E-state index in [4.69, 9.17) is 11.5 Å². The van der Waals surface area contributed by atoms with Gasteiger partial charge in [-0.15, -0.1) is 0 Å². The van der Waals surface area contributed by atoms with E-state index in [9.17, 15) is 9.18 Å². The van der Waals surface area contributed by atoms with Crippen molar-refractivity contribution in [2.24, 2.45) is 5.73 Å². The molecule has 0 aliphatic carbocycles. The zero-order valence-corrected chi connectivity index (χ0v) is 10.8. The van der Waals surface area contributed by atoms with Crippen LogP contribution in [0, 0.1) is 5.82 Å². The highest BCUT2D eigenvalue weighted by molar-refractivity contribution is 5.93. The van der Waals surface area contributed by atoms with Gasteiger partial charge in [0.15, 0.2) is 0 Å². The molecule has 1 amide bonds. The molecule has 0 aromatic heterocycles. The number of rotatable bonds is 2. The second-order valence-electron chi connectivity index (χ2n) is 4.91. The maximum atomic E-state index is 14.1. The first-order chi connectivity index (χ1) is 9.54. The summed E-state index contributed by atoms with van der Waals surface area (Å²) in [7, 11) is 0. The highest BCUT2D eigenvalue weighted by Gasteiger charge is 2.22. The SMILES string of the molecule is NC(=O)c1ccc(N2Cc3ccc(N)cc3C2)c(F)c1. The summed E-state index contributed by atoms with van der Waals surface area (Å²) in [5.41, 5.74) is 14.5. The third-order valence-corrected chi connectivity index (χ3v) is 3.53. The molecule has 2 aromatic rings. The number of fused-ring (bicyclic) bond motifs is 1. The molecule has 0 unspecified atom stereocenters. The molecular formula is C15H14FN3O. The topological polar surface area (TPSA) is 72.4 Å². The zero-order chi connectivity index (χ0) is 14.3. The third-order valence-electron chi connectivity index (χ3n) is 3.53. The molecule has 102 valence electrons. The van der Waals surface area contributed by atoms with E-state index < -0.39 is 11.7 Å². The van der Waals surface area contributed by atoms with Crippen molar-refractivity contribution >= 4 is 17.3 Å². The number of carbonyl (C=O) groups excluding carboxylic acids is 1. The van der Waals surface area contributed by atoms with Gasteiger partial charge in [0.2, 0.25) is 5.91 Å². The lowest BCUT2D eigenvalue weighted by molar-refractivity contribution is 0.1000. The maximum absolute atomic E-state index is 14.1. The van der Waals surface area contributed by atoms with Crippen LogP contribution in [0.25, 0.3) is 0 Å². The number of amides is 1. The second kappa shape index (κ2) is 4.52. The van der Waals surface area contributed by atoms with E-state index in [0.717, 1.165) is 11.1 Å². The molecule has 3 rings (SSSR count). The van der Waals surface area contributed by atoms with Crippen LogP contribution in [-0.4, -0.2) is 5.91 Å². The molecule has 0 radical (unpaired) electrons. The second-order valence-corrected chi connectivity index (χ2v) is 4.91. The number of carbonyl (C=O) groups is 1. The van der Waals surface area contributed by atoms with Crippen molar-refractivity contribution in [1.82, 2.24) is 0 Å². The van der Waals surface area contributed by atoms with E-state index in [-0.39, 0.29) is 5.56 Å². The highest BCUT2D eigenvalue weighted by atomic mass is 19.1. The third kappa shape index (κ3) is 2.07. The van der Waals surface area contributed by atoms with Gasteiger partial charge < -0.3 is 16.4 Å². The first kappa shape index (κ1) is 12.5. The highest BCUT2D eigenvalue weighted by Crippen LogP contribution is 2.31. The molecular weight excluding hydrogens is 257 g/mol. The molecule has 0 saturated carbocycles. The number of hydrogen-bond acceptors (Lipinski definition) is 3. The summed E-state index contributed by atoms with van der Waals surface area (Å²) in [6, 6.07) is 10.0. The van der Waals surface area contributed by atoms with Gasteiger partial charge in [-0.05, 0) is 41.5 Å². The van der Waals surface area contributed by atoms with Crippen LogP contribution < -0.4 is 16.4 Å². The zero-order valence-electron chi connectivity index (χ0n) is 10.8. The van der Waals surface area contributed by atoms with E-state index in [1.165, 1.54) is 12.1 Å². The van der Waals surface area contributed by atoms with Gasteiger partial charge in [0, 0.05) is 24.3 Å².